The quantitative estimate of drug-likeness (QED) is 0.727. The van der Waals surface area contributed by atoms with Crippen molar-refractivity contribution in [2.24, 2.45) is 0 Å². The van der Waals surface area contributed by atoms with Gasteiger partial charge in [0, 0.05) is 0 Å². The Balaban J connectivity index is 0.000000271. The summed E-state index contributed by atoms with van der Waals surface area (Å²) in [6, 6.07) is 12.7. The van der Waals surface area contributed by atoms with Crippen molar-refractivity contribution < 1.29 is 45.7 Å². The summed E-state index contributed by atoms with van der Waals surface area (Å²) in [4.78, 5) is 10.6. The van der Waals surface area contributed by atoms with E-state index in [2.05, 4.69) is 0 Å². The molecule has 2 aromatic carbocycles. The molecule has 0 bridgehead atoms. The van der Waals surface area contributed by atoms with Crippen LogP contribution in [0.1, 0.15) is 22.8 Å². The number of carboxylic acids is 1. The molecule has 1 unspecified atom stereocenters. The van der Waals surface area contributed by atoms with Crippen molar-refractivity contribution in [3.63, 3.8) is 0 Å². The zero-order valence-corrected chi connectivity index (χ0v) is 17.8. The van der Waals surface area contributed by atoms with Gasteiger partial charge < -0.3 is 10.2 Å². The van der Waals surface area contributed by atoms with Crippen LogP contribution >= 0.6 is 0 Å². The Morgan fingerprint density at radius 2 is 1.72 bits per heavy atom. The molecule has 8 heteroatoms. The molecule has 0 aromatic heterocycles. The van der Waals surface area contributed by atoms with Gasteiger partial charge in [0.15, 0.2) is 0 Å². The Bertz CT molecular complexity index is 802. The van der Waals surface area contributed by atoms with Gasteiger partial charge in [-0.3, -0.25) is 0 Å². The minimum Gasteiger partial charge on any atom is -0.507 e. The molecule has 2 N–H and O–H groups in total. The third kappa shape index (κ3) is 6.23. The molecule has 0 saturated heterocycles. The molecule has 0 aliphatic carbocycles. The summed E-state index contributed by atoms with van der Waals surface area (Å²) in [5.41, 5.74) is 0.988. The first-order valence-corrected chi connectivity index (χ1v) is 10.1. The molecular formula is C17H19O6SZn. The summed E-state index contributed by atoms with van der Waals surface area (Å²) in [6.07, 6.45) is 0. The average Bonchev–Trinajstić information content (AvgIpc) is 2.56. The van der Waals surface area contributed by atoms with Crippen LogP contribution in [-0.2, 0) is 32.1 Å². The Morgan fingerprint density at radius 3 is 2.16 bits per heavy atom. The van der Waals surface area contributed by atoms with E-state index in [9.17, 15) is 13.2 Å². The van der Waals surface area contributed by atoms with Gasteiger partial charge in [-0.15, -0.1) is 0 Å². The van der Waals surface area contributed by atoms with Gasteiger partial charge in [-0.1, -0.05) is 12.1 Å². The van der Waals surface area contributed by atoms with Gasteiger partial charge >= 0.3 is 107 Å². The van der Waals surface area contributed by atoms with E-state index in [0.29, 0.717) is 23.6 Å². The molecule has 0 aliphatic heterocycles. The number of aryl methyl sites for hydroxylation is 1. The third-order valence-corrected chi connectivity index (χ3v) is 5.99. The van der Waals surface area contributed by atoms with E-state index in [0.717, 1.165) is 5.56 Å². The Morgan fingerprint density at radius 1 is 1.16 bits per heavy atom. The minimum atomic E-state index is -3.22. The molecule has 0 aliphatic rings. The van der Waals surface area contributed by atoms with E-state index in [-0.39, 0.29) is 17.9 Å². The Hall–Kier alpha value is -1.76. The maximum Gasteiger partial charge on any atom is 0.339 e. The van der Waals surface area contributed by atoms with Gasteiger partial charge in [0.05, 0.1) is 0 Å². The Labute approximate surface area is 157 Å². The van der Waals surface area contributed by atoms with Gasteiger partial charge in [-0.05, 0) is 12.1 Å². The molecule has 131 valence electrons. The predicted molar refractivity (Wildman–Crippen MR) is 88.8 cm³/mol. The summed E-state index contributed by atoms with van der Waals surface area (Å²) >= 11 is 0.660. The first kappa shape index (κ1) is 21.3. The van der Waals surface area contributed by atoms with Crippen LogP contribution in [0.5, 0.6) is 5.75 Å². The number of hydrogen-bond donors (Lipinski definition) is 2. The van der Waals surface area contributed by atoms with E-state index in [1.807, 2.05) is 6.92 Å². The molecule has 0 heterocycles. The maximum atomic E-state index is 12.0. The number of phenols is 1. The van der Waals surface area contributed by atoms with Crippen LogP contribution in [0.2, 0.25) is 0 Å². The Kier molecular flexibility index (Phi) is 8.22. The van der Waals surface area contributed by atoms with E-state index in [1.165, 1.54) is 12.1 Å². The number of para-hydroxylation sites is 1. The van der Waals surface area contributed by atoms with Crippen molar-refractivity contribution in [2.45, 2.75) is 24.0 Å². The van der Waals surface area contributed by atoms with Crippen molar-refractivity contribution in [3.8, 4) is 5.75 Å². The van der Waals surface area contributed by atoms with Crippen LogP contribution in [-0.4, -0.2) is 36.5 Å². The second-order valence-electron chi connectivity index (χ2n) is 5.36. The molecule has 0 spiro atoms. The zero-order valence-electron chi connectivity index (χ0n) is 14.0. The minimum absolute atomic E-state index is 0.0671. The standard InChI is InChI=1S/C10H13O3S.C7H6O3.Zn/c1-8-3-5-10(6-4-8)14(12,13)9(2)7-11;8-6-4-2-1-3-5(6)7(9)10;/h3-6,9H,7H2,1-2H3;1-4,8H,(H,9,10);/q-1;;+1. The van der Waals surface area contributed by atoms with Crippen LogP contribution < -0.4 is 0 Å². The van der Waals surface area contributed by atoms with Crippen molar-refractivity contribution in [2.75, 3.05) is 6.61 Å². The number of carboxylic acid groups (broad SMARTS) is 1. The molecule has 25 heavy (non-hydrogen) atoms. The average molecular weight is 417 g/mol. The molecule has 0 fully saturated rings. The van der Waals surface area contributed by atoms with E-state index in [1.54, 1.807) is 43.3 Å². The topological polar surface area (TPSA) is 101 Å². The maximum absolute atomic E-state index is 12.0. The smallest absolute Gasteiger partial charge is 0.339 e. The fourth-order valence-corrected chi connectivity index (χ4v) is 4.23. The second-order valence-corrected chi connectivity index (χ2v) is 8.58. The van der Waals surface area contributed by atoms with Gasteiger partial charge in [-0.25, -0.2) is 4.79 Å². The van der Waals surface area contributed by atoms with Crippen molar-refractivity contribution in [3.05, 3.63) is 59.7 Å². The summed E-state index contributed by atoms with van der Waals surface area (Å²) in [6.45, 7) is 3.88. The van der Waals surface area contributed by atoms with E-state index < -0.39 is 21.1 Å². The third-order valence-electron chi connectivity index (χ3n) is 3.37. The van der Waals surface area contributed by atoms with Crippen LogP contribution in [0, 0.1) is 6.92 Å². The largest absolute Gasteiger partial charge is 0.507 e. The van der Waals surface area contributed by atoms with Gasteiger partial charge in [0.25, 0.3) is 0 Å². The first-order chi connectivity index (χ1) is 11.7. The van der Waals surface area contributed by atoms with Gasteiger partial charge in [0.1, 0.15) is 11.3 Å². The van der Waals surface area contributed by atoms with Crippen molar-refractivity contribution >= 4 is 15.8 Å². The number of hydrogen-bond acceptors (Lipinski definition) is 5. The van der Waals surface area contributed by atoms with Crippen molar-refractivity contribution in [1.29, 1.82) is 0 Å². The number of sulfone groups is 1. The summed E-state index contributed by atoms with van der Waals surface area (Å²) in [7, 11) is -3.22. The number of carbonyl (C=O) groups is 1. The van der Waals surface area contributed by atoms with E-state index in [4.69, 9.17) is 13.8 Å². The molecule has 2 rings (SSSR count). The molecule has 1 atom stereocenters. The zero-order chi connectivity index (χ0) is 19.0. The molecule has 0 saturated carbocycles. The number of aromatic hydroxyl groups is 1. The first-order valence-electron chi connectivity index (χ1n) is 7.39. The molecule has 6 nitrogen and oxygen atoms in total. The van der Waals surface area contributed by atoms with Crippen LogP contribution in [0.3, 0.4) is 0 Å². The molecule has 2 aromatic rings. The van der Waals surface area contributed by atoms with Gasteiger partial charge in [0.2, 0.25) is 0 Å². The number of aromatic carboxylic acids is 1. The SMILES string of the molecule is Cc1ccc(S(=O)(=O)C(C)C[O][Zn])cc1.O=C(O)c1ccccc1O. The van der Waals surface area contributed by atoms with Crippen LogP contribution in [0.15, 0.2) is 53.4 Å². The fraction of sp³-hybridized carbons (Fsp3) is 0.235. The summed E-state index contributed by atoms with van der Waals surface area (Å²) in [5.74, 6) is -1.31. The fourth-order valence-electron chi connectivity index (χ4n) is 1.87. The predicted octanol–water partition coefficient (Wildman–Crippen LogP) is 2.73. The van der Waals surface area contributed by atoms with Crippen LogP contribution in [0.4, 0.5) is 0 Å². The normalized spacial score (nSPS) is 12.0. The molecule has 0 amide bonds. The van der Waals surface area contributed by atoms with E-state index >= 15 is 0 Å². The van der Waals surface area contributed by atoms with Crippen molar-refractivity contribution in [1.82, 2.24) is 0 Å². The summed E-state index contributed by atoms with van der Waals surface area (Å²) in [5, 5.41) is 16.8. The second kappa shape index (κ2) is 9.66. The monoisotopic (exact) mass is 415 g/mol. The molecule has 0 radical (unpaired) electrons. The number of benzene rings is 2. The summed E-state index contributed by atoms with van der Waals surface area (Å²) < 4.78 is 28.9. The van der Waals surface area contributed by atoms with Gasteiger partial charge in [-0.2, -0.15) is 0 Å². The number of rotatable bonds is 5. The molecular weight excluding hydrogens is 398 g/mol. The van der Waals surface area contributed by atoms with Crippen LogP contribution in [0.25, 0.3) is 0 Å².